The number of primary amides is 1. The van der Waals surface area contributed by atoms with Crippen molar-refractivity contribution in [3.8, 4) is 0 Å². The number of urea groups is 1. The summed E-state index contributed by atoms with van der Waals surface area (Å²) in [5.41, 5.74) is 6.59. The number of amides is 3. The second-order valence-corrected chi connectivity index (χ2v) is 6.64. The minimum absolute atomic E-state index is 0.0301. The summed E-state index contributed by atoms with van der Waals surface area (Å²) >= 11 is 6.00. The Labute approximate surface area is 165 Å². The zero-order valence-corrected chi connectivity index (χ0v) is 15.6. The second-order valence-electron chi connectivity index (χ2n) is 6.23. The van der Waals surface area contributed by atoms with Gasteiger partial charge in [0, 0.05) is 49.7 Å². The lowest BCUT2D eigenvalue weighted by molar-refractivity contribution is -0.384. The van der Waals surface area contributed by atoms with Crippen molar-refractivity contribution in [3.63, 3.8) is 0 Å². The van der Waals surface area contributed by atoms with Crippen LogP contribution in [0.3, 0.4) is 0 Å². The molecular weight excluding hydrogens is 386 g/mol. The number of nitro benzene ring substituents is 1. The van der Waals surface area contributed by atoms with Gasteiger partial charge in [-0.3, -0.25) is 14.9 Å². The van der Waals surface area contributed by atoms with Gasteiger partial charge >= 0.3 is 6.03 Å². The van der Waals surface area contributed by atoms with E-state index in [-0.39, 0.29) is 16.3 Å². The van der Waals surface area contributed by atoms with E-state index in [1.807, 2.05) is 12.1 Å². The summed E-state index contributed by atoms with van der Waals surface area (Å²) in [6, 6.07) is 10.5. The number of benzene rings is 2. The molecule has 0 radical (unpaired) electrons. The highest BCUT2D eigenvalue weighted by atomic mass is 35.5. The maximum absolute atomic E-state index is 12.4. The van der Waals surface area contributed by atoms with Gasteiger partial charge in [0.1, 0.15) is 0 Å². The molecule has 146 valence electrons. The maximum atomic E-state index is 12.4. The molecule has 1 saturated heterocycles. The molecule has 3 amide bonds. The van der Waals surface area contributed by atoms with Crippen LogP contribution in [0.5, 0.6) is 0 Å². The molecule has 10 heteroatoms. The van der Waals surface area contributed by atoms with Gasteiger partial charge in [-0.05, 0) is 30.3 Å². The summed E-state index contributed by atoms with van der Waals surface area (Å²) < 4.78 is 0. The average Bonchev–Trinajstić information content (AvgIpc) is 2.68. The largest absolute Gasteiger partial charge is 0.368 e. The highest BCUT2D eigenvalue weighted by molar-refractivity contribution is 6.34. The Kier molecular flexibility index (Phi) is 5.65. The molecule has 0 saturated carbocycles. The number of nitrogens with zero attached hydrogens (tertiary/aromatic N) is 3. The number of halogens is 1. The summed E-state index contributed by atoms with van der Waals surface area (Å²) in [6.45, 7) is 2.44. The minimum Gasteiger partial charge on any atom is -0.368 e. The molecule has 1 aliphatic rings. The Morgan fingerprint density at radius 2 is 1.71 bits per heavy atom. The first kappa shape index (κ1) is 19.4. The molecule has 1 fully saturated rings. The van der Waals surface area contributed by atoms with Crippen molar-refractivity contribution in [2.45, 2.75) is 0 Å². The van der Waals surface area contributed by atoms with E-state index < -0.39 is 16.9 Å². The molecule has 1 aliphatic heterocycles. The lowest BCUT2D eigenvalue weighted by Gasteiger charge is -2.35. The average molecular weight is 404 g/mol. The van der Waals surface area contributed by atoms with Gasteiger partial charge < -0.3 is 20.9 Å². The highest BCUT2D eigenvalue weighted by Gasteiger charge is 2.20. The zero-order chi connectivity index (χ0) is 20.3. The molecule has 2 aromatic carbocycles. The molecule has 1 heterocycles. The van der Waals surface area contributed by atoms with Crippen molar-refractivity contribution < 1.29 is 14.5 Å². The van der Waals surface area contributed by atoms with Crippen LogP contribution in [0.4, 0.5) is 21.9 Å². The molecule has 28 heavy (non-hydrogen) atoms. The summed E-state index contributed by atoms with van der Waals surface area (Å²) in [5.74, 6) is -0.531. The number of non-ortho nitro benzene ring substituents is 1. The van der Waals surface area contributed by atoms with Gasteiger partial charge in [0.2, 0.25) is 0 Å². The number of nitrogens with two attached hydrogens (primary N) is 1. The molecule has 9 nitrogen and oxygen atoms in total. The predicted molar refractivity (Wildman–Crippen MR) is 106 cm³/mol. The SMILES string of the molecule is NC(=O)N1CCN(c2ccc(NC(=O)c3cc([N+](=O)[O-])ccc3Cl)cc2)CC1. The maximum Gasteiger partial charge on any atom is 0.314 e. The lowest BCUT2D eigenvalue weighted by atomic mass is 10.1. The van der Waals surface area contributed by atoms with Gasteiger partial charge in [-0.1, -0.05) is 11.6 Å². The van der Waals surface area contributed by atoms with Crippen LogP contribution in [0.15, 0.2) is 42.5 Å². The summed E-state index contributed by atoms with van der Waals surface area (Å²) in [5, 5.41) is 13.7. The van der Waals surface area contributed by atoms with Crippen LogP contribution in [0, 0.1) is 10.1 Å². The number of rotatable bonds is 4. The fourth-order valence-corrected chi connectivity index (χ4v) is 3.14. The van der Waals surface area contributed by atoms with E-state index in [9.17, 15) is 19.7 Å². The fourth-order valence-electron chi connectivity index (χ4n) is 2.94. The number of carbonyl (C=O) groups excluding carboxylic acids is 2. The summed E-state index contributed by atoms with van der Waals surface area (Å²) in [4.78, 5) is 37.6. The normalized spacial score (nSPS) is 13.9. The lowest BCUT2D eigenvalue weighted by Crippen LogP contribution is -2.50. The molecule has 0 aromatic heterocycles. The van der Waals surface area contributed by atoms with E-state index in [2.05, 4.69) is 10.2 Å². The zero-order valence-electron chi connectivity index (χ0n) is 14.8. The quantitative estimate of drug-likeness (QED) is 0.600. The summed E-state index contributed by atoms with van der Waals surface area (Å²) in [7, 11) is 0. The number of nitrogens with one attached hydrogen (secondary N) is 1. The van der Waals surface area contributed by atoms with Crippen LogP contribution < -0.4 is 16.0 Å². The smallest absolute Gasteiger partial charge is 0.314 e. The van der Waals surface area contributed by atoms with E-state index in [0.717, 1.165) is 11.8 Å². The molecule has 3 N–H and O–H groups in total. The molecule has 0 bridgehead atoms. The van der Waals surface area contributed by atoms with E-state index in [1.54, 1.807) is 17.0 Å². The number of anilines is 2. The number of piperazine rings is 1. The number of carbonyl (C=O) groups is 2. The van der Waals surface area contributed by atoms with Gasteiger partial charge in [-0.2, -0.15) is 0 Å². The predicted octanol–water partition coefficient (Wildman–Crippen LogP) is 2.70. The monoisotopic (exact) mass is 403 g/mol. The standard InChI is InChI=1S/C18H18ClN5O4/c19-16-6-5-14(24(27)28)11-15(16)17(25)21-12-1-3-13(4-2-12)22-7-9-23(10-8-22)18(20)26/h1-6,11H,7-10H2,(H2,20,26)(H,21,25). The number of hydrogen-bond donors (Lipinski definition) is 2. The molecule has 3 rings (SSSR count). The van der Waals surface area contributed by atoms with Crippen molar-refractivity contribution in [1.82, 2.24) is 4.90 Å². The Balaban J connectivity index is 1.66. The molecule has 0 spiro atoms. The molecule has 0 unspecified atom stereocenters. The van der Waals surface area contributed by atoms with Crippen molar-refractivity contribution in [2.24, 2.45) is 5.73 Å². The highest BCUT2D eigenvalue weighted by Crippen LogP contribution is 2.24. The van der Waals surface area contributed by atoms with E-state index in [1.165, 1.54) is 12.1 Å². The minimum atomic E-state index is -0.583. The van der Waals surface area contributed by atoms with Crippen LogP contribution in [0.25, 0.3) is 0 Å². The fraction of sp³-hybridized carbons (Fsp3) is 0.222. The third-order valence-corrected chi connectivity index (χ3v) is 4.82. The van der Waals surface area contributed by atoms with E-state index in [4.69, 9.17) is 17.3 Å². The Bertz CT molecular complexity index is 911. The number of hydrogen-bond acceptors (Lipinski definition) is 5. The van der Waals surface area contributed by atoms with Crippen molar-refractivity contribution in [2.75, 3.05) is 36.4 Å². The van der Waals surface area contributed by atoms with Crippen LogP contribution in [0.1, 0.15) is 10.4 Å². The van der Waals surface area contributed by atoms with Gasteiger partial charge in [0.05, 0.1) is 15.5 Å². The first-order valence-electron chi connectivity index (χ1n) is 8.50. The molecule has 2 aromatic rings. The van der Waals surface area contributed by atoms with Crippen LogP contribution in [-0.4, -0.2) is 47.9 Å². The van der Waals surface area contributed by atoms with Crippen LogP contribution >= 0.6 is 11.6 Å². The Morgan fingerprint density at radius 3 is 2.29 bits per heavy atom. The molecular formula is C18H18ClN5O4. The van der Waals surface area contributed by atoms with Gasteiger partial charge in [0.15, 0.2) is 0 Å². The second kappa shape index (κ2) is 8.13. The van der Waals surface area contributed by atoms with Crippen LogP contribution in [0.2, 0.25) is 5.02 Å². The van der Waals surface area contributed by atoms with E-state index >= 15 is 0 Å². The third kappa shape index (κ3) is 4.32. The van der Waals surface area contributed by atoms with Gasteiger partial charge in [-0.25, -0.2) is 4.79 Å². The first-order valence-corrected chi connectivity index (χ1v) is 8.87. The van der Waals surface area contributed by atoms with Crippen molar-refractivity contribution >= 4 is 40.6 Å². The first-order chi connectivity index (χ1) is 13.3. The van der Waals surface area contributed by atoms with Gasteiger partial charge in [-0.15, -0.1) is 0 Å². The summed E-state index contributed by atoms with van der Waals surface area (Å²) in [6.07, 6.45) is 0. The Hall–Kier alpha value is -3.33. The van der Waals surface area contributed by atoms with Crippen molar-refractivity contribution in [3.05, 3.63) is 63.2 Å². The Morgan fingerprint density at radius 1 is 1.07 bits per heavy atom. The van der Waals surface area contributed by atoms with Crippen molar-refractivity contribution in [1.29, 1.82) is 0 Å². The molecule has 0 aliphatic carbocycles. The third-order valence-electron chi connectivity index (χ3n) is 4.49. The molecule has 0 atom stereocenters. The topological polar surface area (TPSA) is 122 Å². The van der Waals surface area contributed by atoms with Gasteiger partial charge in [0.25, 0.3) is 11.6 Å². The van der Waals surface area contributed by atoms with Crippen LogP contribution in [-0.2, 0) is 0 Å². The number of nitro groups is 1. The van der Waals surface area contributed by atoms with E-state index in [0.29, 0.717) is 31.9 Å².